The summed E-state index contributed by atoms with van der Waals surface area (Å²) in [7, 11) is 0. The Morgan fingerprint density at radius 2 is 2.24 bits per heavy atom. The first kappa shape index (κ1) is 16.0. The summed E-state index contributed by atoms with van der Waals surface area (Å²) >= 11 is 5.17. The van der Waals surface area contributed by atoms with Crippen molar-refractivity contribution in [3.05, 3.63) is 70.7 Å². The number of nitrogens with zero attached hydrogens (tertiary/aromatic N) is 3. The molecule has 4 rings (SSSR count). The van der Waals surface area contributed by atoms with Gasteiger partial charge in [0.15, 0.2) is 5.82 Å². The maximum Gasteiger partial charge on any atom is 0.159 e. The standard InChI is InChI=1S/C18H14BrN5S/c1-11(7-12-3-2-4-13-8-20-6-5-14(12)13)23-18-16(15(19)9-25-18)17-21-10-22-24-17/h2-6,8-10,23H,1,7H2,(H,21,22,24). The second-order valence-corrected chi connectivity index (χ2v) is 7.28. The minimum atomic E-state index is 0.722. The van der Waals surface area contributed by atoms with E-state index in [0.717, 1.165) is 38.4 Å². The zero-order valence-electron chi connectivity index (χ0n) is 13.2. The molecule has 1 aromatic carbocycles. The zero-order chi connectivity index (χ0) is 17.2. The van der Waals surface area contributed by atoms with Gasteiger partial charge in [-0.15, -0.1) is 11.3 Å². The Kier molecular flexibility index (Phi) is 4.33. The van der Waals surface area contributed by atoms with Gasteiger partial charge in [-0.2, -0.15) is 5.10 Å². The smallest absolute Gasteiger partial charge is 0.159 e. The molecule has 0 fully saturated rings. The van der Waals surface area contributed by atoms with Crippen molar-refractivity contribution in [3.8, 4) is 11.4 Å². The quantitative estimate of drug-likeness (QED) is 0.484. The van der Waals surface area contributed by atoms with Gasteiger partial charge in [-0.3, -0.25) is 10.1 Å². The molecule has 0 saturated heterocycles. The molecule has 0 saturated carbocycles. The first-order valence-corrected chi connectivity index (χ1v) is 9.29. The van der Waals surface area contributed by atoms with Crippen LogP contribution in [-0.2, 0) is 6.42 Å². The molecule has 7 heteroatoms. The number of hydrogen-bond donors (Lipinski definition) is 2. The van der Waals surface area contributed by atoms with E-state index in [-0.39, 0.29) is 0 Å². The lowest BCUT2D eigenvalue weighted by atomic mass is 10.0. The summed E-state index contributed by atoms with van der Waals surface area (Å²) in [5, 5.41) is 15.6. The predicted molar refractivity (Wildman–Crippen MR) is 106 cm³/mol. The maximum atomic E-state index is 4.25. The summed E-state index contributed by atoms with van der Waals surface area (Å²) in [6.45, 7) is 4.20. The molecule has 5 nitrogen and oxygen atoms in total. The minimum absolute atomic E-state index is 0.722. The molecule has 0 aliphatic rings. The molecule has 0 aliphatic carbocycles. The second-order valence-electron chi connectivity index (χ2n) is 5.54. The normalized spacial score (nSPS) is 10.9. The van der Waals surface area contributed by atoms with Crippen LogP contribution in [0.25, 0.3) is 22.2 Å². The third-order valence-electron chi connectivity index (χ3n) is 3.86. The minimum Gasteiger partial charge on any atom is -0.350 e. The van der Waals surface area contributed by atoms with Crippen LogP contribution in [0.1, 0.15) is 5.56 Å². The van der Waals surface area contributed by atoms with E-state index in [9.17, 15) is 0 Å². The van der Waals surface area contributed by atoms with Gasteiger partial charge in [-0.25, -0.2) is 4.98 Å². The number of rotatable bonds is 5. The number of H-pyrrole nitrogens is 1. The van der Waals surface area contributed by atoms with Crippen LogP contribution in [0.3, 0.4) is 0 Å². The number of allylic oxidation sites excluding steroid dienone is 1. The summed E-state index contributed by atoms with van der Waals surface area (Å²) in [6.07, 6.45) is 5.93. The van der Waals surface area contributed by atoms with Gasteiger partial charge in [0, 0.05) is 39.8 Å². The topological polar surface area (TPSA) is 66.5 Å². The molecule has 3 aromatic heterocycles. The molecule has 0 bridgehead atoms. The lowest BCUT2D eigenvalue weighted by Gasteiger charge is -2.11. The number of anilines is 1. The van der Waals surface area contributed by atoms with Crippen LogP contribution in [0.5, 0.6) is 0 Å². The number of aromatic nitrogens is 4. The molecule has 0 aliphatic heterocycles. The summed E-state index contributed by atoms with van der Waals surface area (Å²) < 4.78 is 0.973. The molecular weight excluding hydrogens is 398 g/mol. The fourth-order valence-electron chi connectivity index (χ4n) is 2.75. The highest BCUT2D eigenvalue weighted by atomic mass is 79.9. The Labute approximate surface area is 157 Å². The predicted octanol–water partition coefficient (Wildman–Crippen LogP) is 5.01. The van der Waals surface area contributed by atoms with Crippen molar-refractivity contribution in [1.82, 2.24) is 20.2 Å². The van der Waals surface area contributed by atoms with Crippen molar-refractivity contribution in [1.29, 1.82) is 0 Å². The van der Waals surface area contributed by atoms with Gasteiger partial charge in [-0.05, 0) is 32.9 Å². The average molecular weight is 412 g/mol. The first-order valence-electron chi connectivity index (χ1n) is 7.61. The van der Waals surface area contributed by atoms with E-state index in [4.69, 9.17) is 0 Å². The van der Waals surface area contributed by atoms with Gasteiger partial charge in [-0.1, -0.05) is 24.8 Å². The number of fused-ring (bicyclic) bond motifs is 1. The Balaban J connectivity index is 1.59. The fourth-order valence-corrected chi connectivity index (χ4v) is 4.42. The molecule has 0 spiro atoms. The number of nitrogens with one attached hydrogen (secondary N) is 2. The summed E-state index contributed by atoms with van der Waals surface area (Å²) in [6, 6.07) is 8.28. The van der Waals surface area contributed by atoms with Gasteiger partial charge in [0.05, 0.1) is 5.56 Å². The van der Waals surface area contributed by atoms with Crippen LogP contribution in [0.2, 0.25) is 0 Å². The van der Waals surface area contributed by atoms with Gasteiger partial charge in [0.25, 0.3) is 0 Å². The molecule has 0 radical (unpaired) electrons. The van der Waals surface area contributed by atoms with Crippen LogP contribution in [-0.4, -0.2) is 20.2 Å². The molecular formula is C18H14BrN5S. The number of hydrogen-bond acceptors (Lipinski definition) is 5. The van der Waals surface area contributed by atoms with E-state index < -0.39 is 0 Å². The highest BCUT2D eigenvalue weighted by Crippen LogP contribution is 2.39. The van der Waals surface area contributed by atoms with E-state index in [2.05, 4.69) is 60.1 Å². The lowest BCUT2D eigenvalue weighted by Crippen LogP contribution is -2.02. The largest absolute Gasteiger partial charge is 0.350 e. The van der Waals surface area contributed by atoms with Crippen LogP contribution < -0.4 is 5.32 Å². The number of thiophene rings is 1. The van der Waals surface area contributed by atoms with Gasteiger partial charge < -0.3 is 5.32 Å². The summed E-state index contributed by atoms with van der Waals surface area (Å²) in [5.41, 5.74) is 3.10. The van der Waals surface area contributed by atoms with E-state index in [1.54, 1.807) is 11.3 Å². The molecule has 25 heavy (non-hydrogen) atoms. The summed E-state index contributed by atoms with van der Waals surface area (Å²) in [4.78, 5) is 8.43. The van der Waals surface area contributed by atoms with Crippen LogP contribution in [0.4, 0.5) is 5.00 Å². The third kappa shape index (κ3) is 3.20. The van der Waals surface area contributed by atoms with Gasteiger partial charge in [0.1, 0.15) is 11.3 Å². The molecule has 0 atom stereocenters. The monoisotopic (exact) mass is 411 g/mol. The first-order chi connectivity index (χ1) is 12.2. The maximum absolute atomic E-state index is 4.25. The van der Waals surface area contributed by atoms with E-state index in [0.29, 0.717) is 0 Å². The Morgan fingerprint density at radius 1 is 1.32 bits per heavy atom. The van der Waals surface area contributed by atoms with Crippen molar-refractivity contribution in [2.24, 2.45) is 0 Å². The van der Waals surface area contributed by atoms with Crippen molar-refractivity contribution < 1.29 is 0 Å². The van der Waals surface area contributed by atoms with Crippen molar-refractivity contribution in [2.75, 3.05) is 5.32 Å². The van der Waals surface area contributed by atoms with Crippen LogP contribution >= 0.6 is 27.3 Å². The van der Waals surface area contributed by atoms with E-state index in [1.807, 2.05) is 29.9 Å². The Hall–Kier alpha value is -2.51. The number of benzene rings is 1. The van der Waals surface area contributed by atoms with Crippen LogP contribution in [0.15, 0.2) is 65.1 Å². The van der Waals surface area contributed by atoms with Gasteiger partial charge in [0.2, 0.25) is 0 Å². The third-order valence-corrected chi connectivity index (χ3v) is 5.69. The van der Waals surface area contributed by atoms with E-state index >= 15 is 0 Å². The molecule has 3 heterocycles. The SMILES string of the molecule is C=C(Cc1cccc2cnccc12)Nc1scc(Br)c1-c1ncn[nH]1. The molecule has 0 unspecified atom stereocenters. The highest BCUT2D eigenvalue weighted by molar-refractivity contribution is 9.10. The highest BCUT2D eigenvalue weighted by Gasteiger charge is 2.15. The number of halogens is 1. The number of pyridine rings is 1. The Morgan fingerprint density at radius 3 is 3.08 bits per heavy atom. The molecule has 4 aromatic rings. The second kappa shape index (κ2) is 6.78. The molecule has 2 N–H and O–H groups in total. The van der Waals surface area contributed by atoms with Crippen molar-refractivity contribution in [2.45, 2.75) is 6.42 Å². The van der Waals surface area contributed by atoms with Gasteiger partial charge >= 0.3 is 0 Å². The van der Waals surface area contributed by atoms with Crippen molar-refractivity contribution in [3.63, 3.8) is 0 Å². The van der Waals surface area contributed by atoms with E-state index in [1.165, 1.54) is 17.3 Å². The Bertz CT molecular complexity index is 1030. The number of aromatic amines is 1. The average Bonchev–Trinajstić information content (AvgIpc) is 3.25. The van der Waals surface area contributed by atoms with Crippen molar-refractivity contribution >= 4 is 43.0 Å². The molecule has 0 amide bonds. The summed E-state index contributed by atoms with van der Waals surface area (Å²) in [5.74, 6) is 0.722. The molecule has 124 valence electrons. The fraction of sp³-hybridized carbons (Fsp3) is 0.0556. The lowest BCUT2D eigenvalue weighted by molar-refractivity contribution is 1.09. The zero-order valence-corrected chi connectivity index (χ0v) is 15.6. The van der Waals surface area contributed by atoms with Crippen LogP contribution in [0, 0.1) is 0 Å².